The van der Waals surface area contributed by atoms with Crippen LogP contribution < -0.4 is 9.64 Å². The Bertz CT molecular complexity index is 719. The van der Waals surface area contributed by atoms with Crippen LogP contribution in [0.5, 0.6) is 5.75 Å². The third-order valence-corrected chi connectivity index (χ3v) is 4.18. The molecule has 1 aromatic carbocycles. The van der Waals surface area contributed by atoms with Crippen molar-refractivity contribution >= 4 is 11.6 Å². The number of hydrogen-bond acceptors (Lipinski definition) is 5. The lowest BCUT2D eigenvalue weighted by atomic mass is 10.2. The number of methoxy groups -OCH3 is 1. The molecule has 0 saturated carbocycles. The number of piperazine rings is 1. The number of ether oxygens (including phenoxy) is 1. The molecule has 0 atom stereocenters. The van der Waals surface area contributed by atoms with E-state index in [0.29, 0.717) is 24.6 Å². The lowest BCUT2D eigenvalue weighted by Crippen LogP contribution is -2.49. The van der Waals surface area contributed by atoms with Gasteiger partial charge in [0.2, 0.25) is 0 Å². The Kier molecular flexibility index (Phi) is 4.64. The number of para-hydroxylation sites is 2. The van der Waals surface area contributed by atoms with Crippen molar-refractivity contribution in [2.75, 3.05) is 38.2 Å². The first-order valence-electron chi connectivity index (χ1n) is 8.08. The van der Waals surface area contributed by atoms with Crippen molar-refractivity contribution in [3.63, 3.8) is 0 Å². The molecular weight excluding hydrogens is 304 g/mol. The third kappa shape index (κ3) is 3.32. The fraction of sp³-hybridized carbons (Fsp3) is 0.389. The molecule has 0 spiro atoms. The van der Waals surface area contributed by atoms with E-state index >= 15 is 0 Å². The molecule has 2 heterocycles. The number of hydrogen-bond donors (Lipinski definition) is 0. The first-order valence-corrected chi connectivity index (χ1v) is 8.08. The summed E-state index contributed by atoms with van der Waals surface area (Å²) in [4.78, 5) is 25.3. The fourth-order valence-electron chi connectivity index (χ4n) is 3.03. The molecule has 24 heavy (non-hydrogen) atoms. The standard InChI is InChI=1S/C18H22N4O2/c1-13-12-15(20-14(2)19-13)18(23)22-10-8-21(9-11-22)16-6-4-5-7-17(16)24-3/h4-7,12H,8-11H2,1-3H3. The summed E-state index contributed by atoms with van der Waals surface area (Å²) >= 11 is 0. The largest absolute Gasteiger partial charge is 0.495 e. The maximum absolute atomic E-state index is 12.7. The van der Waals surface area contributed by atoms with Gasteiger partial charge in [-0.2, -0.15) is 0 Å². The summed E-state index contributed by atoms with van der Waals surface area (Å²) in [6.07, 6.45) is 0. The van der Waals surface area contributed by atoms with Gasteiger partial charge >= 0.3 is 0 Å². The zero-order valence-electron chi connectivity index (χ0n) is 14.3. The van der Waals surface area contributed by atoms with E-state index in [2.05, 4.69) is 14.9 Å². The summed E-state index contributed by atoms with van der Waals surface area (Å²) < 4.78 is 5.43. The molecule has 0 N–H and O–H groups in total. The Balaban J connectivity index is 1.69. The summed E-state index contributed by atoms with van der Waals surface area (Å²) in [7, 11) is 1.68. The zero-order valence-corrected chi connectivity index (χ0v) is 14.3. The molecule has 6 nitrogen and oxygen atoms in total. The van der Waals surface area contributed by atoms with E-state index in [1.165, 1.54) is 0 Å². The Morgan fingerprint density at radius 3 is 2.46 bits per heavy atom. The van der Waals surface area contributed by atoms with Crippen LogP contribution in [-0.2, 0) is 0 Å². The van der Waals surface area contributed by atoms with Gasteiger partial charge in [-0.1, -0.05) is 12.1 Å². The monoisotopic (exact) mass is 326 g/mol. The molecule has 0 unspecified atom stereocenters. The molecule has 1 aliphatic heterocycles. The number of rotatable bonds is 3. The summed E-state index contributed by atoms with van der Waals surface area (Å²) in [5.74, 6) is 1.47. The minimum absolute atomic E-state index is 0.0247. The van der Waals surface area contributed by atoms with Crippen molar-refractivity contribution in [2.45, 2.75) is 13.8 Å². The van der Waals surface area contributed by atoms with E-state index < -0.39 is 0 Å². The van der Waals surface area contributed by atoms with Crippen LogP contribution in [0.2, 0.25) is 0 Å². The molecule has 0 aliphatic carbocycles. The topological polar surface area (TPSA) is 58.6 Å². The number of carbonyl (C=O) groups excluding carboxylic acids is 1. The predicted octanol–water partition coefficient (Wildman–Crippen LogP) is 2.06. The Labute approximate surface area is 142 Å². The van der Waals surface area contributed by atoms with Crippen LogP contribution in [0.1, 0.15) is 22.0 Å². The second-order valence-electron chi connectivity index (χ2n) is 5.89. The van der Waals surface area contributed by atoms with E-state index in [0.717, 1.165) is 30.2 Å². The number of benzene rings is 1. The molecular formula is C18H22N4O2. The minimum Gasteiger partial charge on any atom is -0.495 e. The number of carbonyl (C=O) groups is 1. The number of amides is 1. The number of nitrogens with zero attached hydrogens (tertiary/aromatic N) is 4. The van der Waals surface area contributed by atoms with E-state index in [9.17, 15) is 4.79 Å². The van der Waals surface area contributed by atoms with Crippen molar-refractivity contribution in [3.05, 3.63) is 47.5 Å². The Morgan fingerprint density at radius 1 is 1.08 bits per heavy atom. The normalized spacial score (nSPS) is 14.6. The third-order valence-electron chi connectivity index (χ3n) is 4.18. The summed E-state index contributed by atoms with van der Waals surface area (Å²) in [5, 5.41) is 0. The highest BCUT2D eigenvalue weighted by atomic mass is 16.5. The number of aryl methyl sites for hydroxylation is 2. The van der Waals surface area contributed by atoms with Gasteiger partial charge in [0.1, 0.15) is 17.3 Å². The van der Waals surface area contributed by atoms with Crippen molar-refractivity contribution in [3.8, 4) is 5.75 Å². The van der Waals surface area contributed by atoms with Gasteiger partial charge in [-0.15, -0.1) is 0 Å². The van der Waals surface area contributed by atoms with Gasteiger partial charge in [-0.05, 0) is 32.0 Å². The maximum atomic E-state index is 12.7. The second-order valence-corrected chi connectivity index (χ2v) is 5.89. The summed E-state index contributed by atoms with van der Waals surface area (Å²) in [6, 6.07) is 9.72. The van der Waals surface area contributed by atoms with E-state index in [1.807, 2.05) is 43.0 Å². The van der Waals surface area contributed by atoms with Gasteiger partial charge in [-0.3, -0.25) is 4.79 Å². The highest BCUT2D eigenvalue weighted by Gasteiger charge is 2.24. The Morgan fingerprint density at radius 2 is 1.79 bits per heavy atom. The number of anilines is 1. The lowest BCUT2D eigenvalue weighted by molar-refractivity contribution is 0.0740. The van der Waals surface area contributed by atoms with Crippen LogP contribution >= 0.6 is 0 Å². The van der Waals surface area contributed by atoms with E-state index in [-0.39, 0.29) is 5.91 Å². The number of aromatic nitrogens is 2. The molecule has 1 fully saturated rings. The fourth-order valence-corrected chi connectivity index (χ4v) is 3.03. The first-order chi connectivity index (χ1) is 11.6. The molecule has 126 valence electrons. The van der Waals surface area contributed by atoms with Crippen LogP contribution in [0.25, 0.3) is 0 Å². The molecule has 2 aromatic rings. The van der Waals surface area contributed by atoms with Crippen LogP contribution in [0.15, 0.2) is 30.3 Å². The van der Waals surface area contributed by atoms with E-state index in [4.69, 9.17) is 4.74 Å². The second kappa shape index (κ2) is 6.86. The first kappa shape index (κ1) is 16.2. The Hall–Kier alpha value is -2.63. The average Bonchev–Trinajstić information content (AvgIpc) is 2.60. The molecule has 1 amide bonds. The van der Waals surface area contributed by atoms with Gasteiger partial charge in [-0.25, -0.2) is 9.97 Å². The van der Waals surface area contributed by atoms with Crippen molar-refractivity contribution in [1.29, 1.82) is 0 Å². The van der Waals surface area contributed by atoms with E-state index in [1.54, 1.807) is 13.2 Å². The predicted molar refractivity (Wildman–Crippen MR) is 92.6 cm³/mol. The molecule has 1 saturated heterocycles. The van der Waals surface area contributed by atoms with Crippen molar-refractivity contribution in [1.82, 2.24) is 14.9 Å². The quantitative estimate of drug-likeness (QED) is 0.864. The maximum Gasteiger partial charge on any atom is 0.272 e. The minimum atomic E-state index is -0.0247. The molecule has 0 bridgehead atoms. The van der Waals surface area contributed by atoms with Gasteiger partial charge in [0.05, 0.1) is 12.8 Å². The molecule has 1 aliphatic rings. The van der Waals surface area contributed by atoms with Crippen LogP contribution in [0.3, 0.4) is 0 Å². The summed E-state index contributed by atoms with van der Waals surface area (Å²) in [6.45, 7) is 6.57. The van der Waals surface area contributed by atoms with Crippen molar-refractivity contribution in [2.24, 2.45) is 0 Å². The average molecular weight is 326 g/mol. The van der Waals surface area contributed by atoms with Gasteiger partial charge < -0.3 is 14.5 Å². The molecule has 1 aromatic heterocycles. The SMILES string of the molecule is COc1ccccc1N1CCN(C(=O)c2cc(C)nc(C)n2)CC1. The van der Waals surface area contributed by atoms with Gasteiger partial charge in [0.25, 0.3) is 5.91 Å². The van der Waals surface area contributed by atoms with Gasteiger partial charge in [0.15, 0.2) is 0 Å². The zero-order chi connectivity index (χ0) is 17.1. The smallest absolute Gasteiger partial charge is 0.272 e. The van der Waals surface area contributed by atoms with Gasteiger partial charge in [0, 0.05) is 31.9 Å². The van der Waals surface area contributed by atoms with Crippen LogP contribution in [-0.4, -0.2) is 54.1 Å². The molecule has 0 radical (unpaired) electrons. The van der Waals surface area contributed by atoms with Crippen LogP contribution in [0.4, 0.5) is 5.69 Å². The molecule has 6 heteroatoms. The van der Waals surface area contributed by atoms with Crippen molar-refractivity contribution < 1.29 is 9.53 Å². The lowest BCUT2D eigenvalue weighted by Gasteiger charge is -2.36. The summed E-state index contributed by atoms with van der Waals surface area (Å²) in [5.41, 5.74) is 2.37. The highest BCUT2D eigenvalue weighted by Crippen LogP contribution is 2.28. The van der Waals surface area contributed by atoms with Crippen LogP contribution in [0, 0.1) is 13.8 Å². The molecule has 3 rings (SSSR count). The highest BCUT2D eigenvalue weighted by molar-refractivity contribution is 5.92.